The second kappa shape index (κ2) is 8.19. The summed E-state index contributed by atoms with van der Waals surface area (Å²) in [5.74, 6) is 0.837. The van der Waals surface area contributed by atoms with E-state index in [2.05, 4.69) is 11.9 Å². The third-order valence-electron chi connectivity index (χ3n) is 3.99. The number of hydrogen-bond acceptors (Lipinski definition) is 3. The molecule has 0 spiro atoms. The van der Waals surface area contributed by atoms with Crippen LogP contribution in [0.15, 0.2) is 53.5 Å². The van der Waals surface area contributed by atoms with Crippen molar-refractivity contribution in [2.24, 2.45) is 0 Å². The predicted molar refractivity (Wildman–Crippen MR) is 107 cm³/mol. The van der Waals surface area contributed by atoms with E-state index in [1.165, 1.54) is 10.5 Å². The topological polar surface area (TPSA) is 43.6 Å². The number of rotatable bonds is 6. The van der Waals surface area contributed by atoms with Crippen LogP contribution in [0.4, 0.5) is 0 Å². The molecule has 134 valence electrons. The molecule has 0 aliphatic heterocycles. The number of halogens is 1. The first-order valence-corrected chi connectivity index (χ1v) is 9.05. The lowest BCUT2D eigenvalue weighted by atomic mass is 10.2. The summed E-state index contributed by atoms with van der Waals surface area (Å²) in [6.45, 7) is 4.78. The van der Waals surface area contributed by atoms with Crippen molar-refractivity contribution in [2.75, 3.05) is 6.61 Å². The van der Waals surface area contributed by atoms with E-state index in [-0.39, 0.29) is 5.56 Å². The molecule has 2 heterocycles. The SMILES string of the molecule is CCCCOc1ccc(/C=C(\Cl)c2cc(=O)n3cc(C)ccc3n2)cc1. The van der Waals surface area contributed by atoms with E-state index in [0.717, 1.165) is 36.3 Å². The van der Waals surface area contributed by atoms with Crippen LogP contribution in [0.25, 0.3) is 16.8 Å². The lowest BCUT2D eigenvalue weighted by Crippen LogP contribution is -2.15. The number of fused-ring (bicyclic) bond motifs is 1. The molecule has 1 aromatic carbocycles. The van der Waals surface area contributed by atoms with Crippen LogP contribution in [0.2, 0.25) is 0 Å². The molecule has 3 rings (SSSR count). The molecular formula is C21H21ClN2O2. The van der Waals surface area contributed by atoms with E-state index in [4.69, 9.17) is 16.3 Å². The van der Waals surface area contributed by atoms with Crippen LogP contribution >= 0.6 is 11.6 Å². The van der Waals surface area contributed by atoms with Crippen LogP contribution in [0, 0.1) is 6.92 Å². The summed E-state index contributed by atoms with van der Waals surface area (Å²) in [4.78, 5) is 16.8. The molecule has 0 N–H and O–H groups in total. The smallest absolute Gasteiger partial charge is 0.258 e. The molecule has 0 aliphatic rings. The van der Waals surface area contributed by atoms with Gasteiger partial charge in [-0.2, -0.15) is 0 Å². The Morgan fingerprint density at radius 1 is 1.23 bits per heavy atom. The molecule has 0 atom stereocenters. The average Bonchev–Trinajstić information content (AvgIpc) is 2.64. The third-order valence-corrected chi connectivity index (χ3v) is 4.30. The monoisotopic (exact) mass is 368 g/mol. The van der Waals surface area contributed by atoms with Crippen molar-refractivity contribution in [1.29, 1.82) is 0 Å². The van der Waals surface area contributed by atoms with Crippen molar-refractivity contribution >= 4 is 28.4 Å². The van der Waals surface area contributed by atoms with E-state index in [0.29, 0.717) is 16.4 Å². The maximum Gasteiger partial charge on any atom is 0.258 e. The Bertz CT molecular complexity index is 991. The standard InChI is InChI=1S/C21H21ClN2O2/c1-3-4-11-26-17-8-6-16(7-9-17)12-18(22)19-13-21(25)24-14-15(2)5-10-20(24)23-19/h5-10,12-14H,3-4,11H2,1-2H3/b18-12-. The number of benzene rings is 1. The summed E-state index contributed by atoms with van der Waals surface area (Å²) >= 11 is 6.41. The molecule has 0 fully saturated rings. The fourth-order valence-corrected chi connectivity index (χ4v) is 2.77. The molecule has 0 radical (unpaired) electrons. The van der Waals surface area contributed by atoms with Gasteiger partial charge in [0.25, 0.3) is 5.56 Å². The Morgan fingerprint density at radius 3 is 2.73 bits per heavy atom. The van der Waals surface area contributed by atoms with Gasteiger partial charge in [-0.15, -0.1) is 0 Å². The number of aryl methyl sites for hydroxylation is 1. The third kappa shape index (κ3) is 4.33. The van der Waals surface area contributed by atoms with E-state index >= 15 is 0 Å². The fourth-order valence-electron chi connectivity index (χ4n) is 2.55. The molecule has 0 aliphatic carbocycles. The molecule has 5 heteroatoms. The molecule has 2 aromatic heterocycles. The highest BCUT2D eigenvalue weighted by Gasteiger charge is 2.06. The first kappa shape index (κ1) is 18.2. The largest absolute Gasteiger partial charge is 0.494 e. The molecule has 3 aromatic rings. The lowest BCUT2D eigenvalue weighted by molar-refractivity contribution is 0.309. The molecular weight excluding hydrogens is 348 g/mol. The van der Waals surface area contributed by atoms with Gasteiger partial charge in [0, 0.05) is 12.3 Å². The van der Waals surface area contributed by atoms with Crippen molar-refractivity contribution in [3.8, 4) is 5.75 Å². The molecule has 0 saturated carbocycles. The van der Waals surface area contributed by atoms with Gasteiger partial charge >= 0.3 is 0 Å². The van der Waals surface area contributed by atoms with Crippen molar-refractivity contribution in [1.82, 2.24) is 9.38 Å². The van der Waals surface area contributed by atoms with E-state index in [1.807, 2.05) is 43.3 Å². The Labute approximate surface area is 157 Å². The van der Waals surface area contributed by atoms with Crippen molar-refractivity contribution in [2.45, 2.75) is 26.7 Å². The Kier molecular flexibility index (Phi) is 5.74. The highest BCUT2D eigenvalue weighted by atomic mass is 35.5. The molecule has 0 amide bonds. The van der Waals surface area contributed by atoms with Crippen LogP contribution < -0.4 is 10.3 Å². The van der Waals surface area contributed by atoms with E-state index < -0.39 is 0 Å². The predicted octanol–water partition coefficient (Wildman–Crippen LogP) is 4.92. The van der Waals surface area contributed by atoms with Gasteiger partial charge in [-0.25, -0.2) is 4.98 Å². The zero-order chi connectivity index (χ0) is 18.5. The van der Waals surface area contributed by atoms with E-state index in [1.54, 1.807) is 12.3 Å². The van der Waals surface area contributed by atoms with Crippen LogP contribution in [0.3, 0.4) is 0 Å². The van der Waals surface area contributed by atoms with Crippen LogP contribution in [-0.4, -0.2) is 16.0 Å². The number of nitrogens with zero attached hydrogens (tertiary/aromatic N) is 2. The number of aromatic nitrogens is 2. The summed E-state index contributed by atoms with van der Waals surface area (Å²) < 4.78 is 7.17. The van der Waals surface area contributed by atoms with Gasteiger partial charge in [0.2, 0.25) is 0 Å². The van der Waals surface area contributed by atoms with Crippen LogP contribution in [0.1, 0.15) is 36.6 Å². The summed E-state index contributed by atoms with van der Waals surface area (Å²) in [7, 11) is 0. The van der Waals surface area contributed by atoms with Crippen molar-refractivity contribution in [3.63, 3.8) is 0 Å². The highest BCUT2D eigenvalue weighted by molar-refractivity contribution is 6.51. The Morgan fingerprint density at radius 2 is 2.00 bits per heavy atom. The second-order valence-electron chi connectivity index (χ2n) is 6.18. The number of pyridine rings is 1. The lowest BCUT2D eigenvalue weighted by Gasteiger charge is -2.06. The summed E-state index contributed by atoms with van der Waals surface area (Å²) in [6.07, 6.45) is 5.71. The van der Waals surface area contributed by atoms with Crippen LogP contribution in [0.5, 0.6) is 5.75 Å². The molecule has 0 bridgehead atoms. The number of ether oxygens (including phenoxy) is 1. The summed E-state index contributed by atoms with van der Waals surface area (Å²) in [5, 5.41) is 0.421. The quantitative estimate of drug-likeness (QED) is 0.580. The van der Waals surface area contributed by atoms with Gasteiger partial charge in [0.15, 0.2) is 0 Å². The Hall–Kier alpha value is -2.59. The highest BCUT2D eigenvalue weighted by Crippen LogP contribution is 2.22. The zero-order valence-electron chi connectivity index (χ0n) is 14.9. The minimum Gasteiger partial charge on any atom is -0.494 e. The zero-order valence-corrected chi connectivity index (χ0v) is 15.7. The van der Waals surface area contributed by atoms with Crippen LogP contribution in [-0.2, 0) is 0 Å². The summed E-state index contributed by atoms with van der Waals surface area (Å²) in [5.41, 5.74) is 2.80. The minimum atomic E-state index is -0.153. The van der Waals surface area contributed by atoms with Gasteiger partial charge in [-0.1, -0.05) is 43.1 Å². The van der Waals surface area contributed by atoms with Gasteiger partial charge in [0.05, 0.1) is 17.3 Å². The van der Waals surface area contributed by atoms with Gasteiger partial charge in [-0.3, -0.25) is 9.20 Å². The molecule has 4 nitrogen and oxygen atoms in total. The second-order valence-corrected chi connectivity index (χ2v) is 6.58. The first-order chi connectivity index (χ1) is 12.6. The molecule has 0 unspecified atom stereocenters. The minimum absolute atomic E-state index is 0.153. The maximum absolute atomic E-state index is 12.3. The number of hydrogen-bond donors (Lipinski definition) is 0. The van der Waals surface area contributed by atoms with Crippen molar-refractivity contribution in [3.05, 3.63) is 75.8 Å². The van der Waals surface area contributed by atoms with E-state index in [9.17, 15) is 4.79 Å². The average molecular weight is 369 g/mol. The fraction of sp³-hybridized carbons (Fsp3) is 0.238. The Balaban J connectivity index is 1.84. The van der Waals surface area contributed by atoms with Gasteiger partial charge < -0.3 is 4.74 Å². The summed E-state index contributed by atoms with van der Waals surface area (Å²) in [6, 6.07) is 12.9. The molecule has 0 saturated heterocycles. The number of unbranched alkanes of at least 4 members (excludes halogenated alkanes) is 1. The van der Waals surface area contributed by atoms with Crippen molar-refractivity contribution < 1.29 is 4.74 Å². The normalized spacial score (nSPS) is 11.7. The van der Waals surface area contributed by atoms with Gasteiger partial charge in [-0.05, 0) is 48.7 Å². The molecule has 26 heavy (non-hydrogen) atoms. The first-order valence-electron chi connectivity index (χ1n) is 8.67. The van der Waals surface area contributed by atoms with Gasteiger partial charge in [0.1, 0.15) is 11.4 Å². The maximum atomic E-state index is 12.3.